The Balaban J connectivity index is 2.41. The van der Waals surface area contributed by atoms with Crippen molar-refractivity contribution in [2.24, 2.45) is 10.3 Å². The first-order chi connectivity index (χ1) is 8.57. The van der Waals surface area contributed by atoms with Gasteiger partial charge in [0.15, 0.2) is 6.29 Å². The maximum Gasteiger partial charge on any atom is 0.184 e. The van der Waals surface area contributed by atoms with Crippen LogP contribution in [0.4, 0.5) is 0 Å². The van der Waals surface area contributed by atoms with Crippen LogP contribution in [-0.2, 0) is 9.57 Å². The van der Waals surface area contributed by atoms with Crippen LogP contribution in [-0.4, -0.2) is 70.5 Å². The second-order valence-electron chi connectivity index (χ2n) is 3.51. The van der Waals surface area contributed by atoms with Gasteiger partial charge in [0.05, 0.1) is 12.8 Å². The molecule has 0 spiro atoms. The topological polar surface area (TPSA) is 160 Å². The van der Waals surface area contributed by atoms with E-state index in [0.29, 0.717) is 0 Å². The molecule has 10 heteroatoms. The molecule has 1 aliphatic rings. The fraction of sp³-hybridized carbons (Fsp3) is 0.875. The number of oxime groups is 1. The first kappa shape index (κ1) is 14.6. The summed E-state index contributed by atoms with van der Waals surface area (Å²) in [4.78, 5) is 7.17. The van der Waals surface area contributed by atoms with Crippen LogP contribution >= 0.6 is 0 Å². The minimum atomic E-state index is -1.62. The van der Waals surface area contributed by atoms with Gasteiger partial charge in [-0.2, -0.15) is 0 Å². The molecule has 1 rings (SSSR count). The predicted molar refractivity (Wildman–Crippen MR) is 57.4 cm³/mol. The van der Waals surface area contributed by atoms with Gasteiger partial charge >= 0.3 is 0 Å². The molecule has 0 aromatic rings. The Morgan fingerprint density at radius 1 is 1.22 bits per heavy atom. The summed E-state index contributed by atoms with van der Waals surface area (Å²) >= 11 is 0. The average molecular weight is 262 g/mol. The standard InChI is InChI=1S/C8H14N4O6/c9-12-10-1-2-17-11-3-4-5(13)6(14)7(15)8(16)18-4/h3-8,13-16H,1-2H2/b11-3-/t4?,5-,6-,7?,8+/m0/s1. The fourth-order valence-corrected chi connectivity index (χ4v) is 1.29. The van der Waals surface area contributed by atoms with Crippen LogP contribution < -0.4 is 0 Å². The summed E-state index contributed by atoms with van der Waals surface area (Å²) in [5.74, 6) is 0. The van der Waals surface area contributed by atoms with Gasteiger partial charge in [-0.05, 0) is 5.53 Å². The third-order valence-electron chi connectivity index (χ3n) is 2.25. The minimum Gasteiger partial charge on any atom is -0.396 e. The van der Waals surface area contributed by atoms with Gasteiger partial charge in [-0.15, -0.1) is 0 Å². The van der Waals surface area contributed by atoms with Crippen molar-refractivity contribution in [3.63, 3.8) is 0 Å². The highest BCUT2D eigenvalue weighted by atomic mass is 16.6. The van der Waals surface area contributed by atoms with Crippen molar-refractivity contribution in [3.8, 4) is 0 Å². The van der Waals surface area contributed by atoms with E-state index in [4.69, 9.17) is 10.3 Å². The lowest BCUT2D eigenvalue weighted by atomic mass is 10.00. The Morgan fingerprint density at radius 3 is 2.61 bits per heavy atom. The molecular weight excluding hydrogens is 248 g/mol. The number of hydrogen-bond donors (Lipinski definition) is 4. The van der Waals surface area contributed by atoms with Crippen LogP contribution in [0.5, 0.6) is 0 Å². The van der Waals surface area contributed by atoms with Crippen LogP contribution in [0.1, 0.15) is 0 Å². The van der Waals surface area contributed by atoms with E-state index in [1.54, 1.807) is 0 Å². The smallest absolute Gasteiger partial charge is 0.184 e. The molecule has 18 heavy (non-hydrogen) atoms. The van der Waals surface area contributed by atoms with E-state index < -0.39 is 30.7 Å². The quantitative estimate of drug-likeness (QED) is 0.113. The van der Waals surface area contributed by atoms with E-state index in [2.05, 4.69) is 20.0 Å². The van der Waals surface area contributed by atoms with Crippen molar-refractivity contribution in [3.05, 3.63) is 10.4 Å². The Morgan fingerprint density at radius 2 is 1.94 bits per heavy atom. The van der Waals surface area contributed by atoms with Crippen LogP contribution in [0, 0.1) is 0 Å². The molecule has 0 amide bonds. The van der Waals surface area contributed by atoms with E-state index in [-0.39, 0.29) is 13.2 Å². The van der Waals surface area contributed by atoms with Gasteiger partial charge in [0.1, 0.15) is 31.0 Å². The van der Waals surface area contributed by atoms with E-state index >= 15 is 0 Å². The Bertz CT molecular complexity index is 334. The zero-order valence-electron chi connectivity index (χ0n) is 9.27. The molecular formula is C8H14N4O6. The molecule has 5 atom stereocenters. The zero-order valence-corrected chi connectivity index (χ0v) is 9.27. The fourth-order valence-electron chi connectivity index (χ4n) is 1.29. The van der Waals surface area contributed by atoms with Crippen molar-refractivity contribution in [2.75, 3.05) is 13.2 Å². The van der Waals surface area contributed by atoms with E-state index in [0.717, 1.165) is 6.21 Å². The highest BCUT2D eigenvalue weighted by Crippen LogP contribution is 2.18. The second-order valence-corrected chi connectivity index (χ2v) is 3.51. The molecule has 0 aromatic carbocycles. The van der Waals surface area contributed by atoms with Crippen LogP contribution in [0.2, 0.25) is 0 Å². The van der Waals surface area contributed by atoms with Crippen molar-refractivity contribution in [2.45, 2.75) is 30.7 Å². The third kappa shape index (κ3) is 3.81. The highest BCUT2D eigenvalue weighted by molar-refractivity contribution is 5.63. The van der Waals surface area contributed by atoms with Crippen molar-refractivity contribution >= 4 is 6.21 Å². The normalized spacial score (nSPS) is 36.3. The third-order valence-corrected chi connectivity index (χ3v) is 2.25. The summed E-state index contributed by atoms with van der Waals surface area (Å²) < 4.78 is 4.79. The van der Waals surface area contributed by atoms with Gasteiger partial charge < -0.3 is 30.0 Å². The van der Waals surface area contributed by atoms with Gasteiger partial charge in [-0.1, -0.05) is 10.3 Å². The summed E-state index contributed by atoms with van der Waals surface area (Å²) in [6, 6.07) is 0. The molecule has 0 aliphatic carbocycles. The SMILES string of the molecule is [N-]=[N+]=NCCO/N=C\C1O[C@@H](O)C(O)[C@@H](O)[C@H]1O. The molecule has 1 heterocycles. The molecule has 1 saturated heterocycles. The molecule has 0 aromatic heterocycles. The maximum atomic E-state index is 9.51. The zero-order chi connectivity index (χ0) is 13.5. The Labute approximate surface area is 102 Å². The van der Waals surface area contributed by atoms with E-state index in [1.165, 1.54) is 0 Å². The molecule has 1 aliphatic heterocycles. The van der Waals surface area contributed by atoms with Crippen LogP contribution in [0.25, 0.3) is 10.4 Å². The van der Waals surface area contributed by atoms with E-state index in [1.807, 2.05) is 0 Å². The minimum absolute atomic E-state index is 0.0388. The van der Waals surface area contributed by atoms with Gasteiger partial charge in [-0.3, -0.25) is 0 Å². The molecule has 2 unspecified atom stereocenters. The largest absolute Gasteiger partial charge is 0.396 e. The first-order valence-electron chi connectivity index (χ1n) is 5.12. The van der Waals surface area contributed by atoms with Gasteiger partial charge in [-0.25, -0.2) is 0 Å². The number of azide groups is 1. The van der Waals surface area contributed by atoms with Crippen LogP contribution in [0.3, 0.4) is 0 Å². The molecule has 10 nitrogen and oxygen atoms in total. The van der Waals surface area contributed by atoms with Crippen LogP contribution in [0.15, 0.2) is 10.3 Å². The summed E-state index contributed by atoms with van der Waals surface area (Å²) in [7, 11) is 0. The van der Waals surface area contributed by atoms with E-state index in [9.17, 15) is 20.4 Å². The molecule has 0 bridgehead atoms. The highest BCUT2D eigenvalue weighted by Gasteiger charge is 2.42. The van der Waals surface area contributed by atoms with Crippen molar-refractivity contribution < 1.29 is 30.0 Å². The van der Waals surface area contributed by atoms with Gasteiger partial charge in [0.25, 0.3) is 0 Å². The number of nitrogens with zero attached hydrogens (tertiary/aromatic N) is 4. The number of hydrogen-bond acceptors (Lipinski definition) is 8. The summed E-state index contributed by atoms with van der Waals surface area (Å²) in [6.07, 6.45) is -6.28. The second kappa shape index (κ2) is 7.11. The Hall–Kier alpha value is -1.42. The molecule has 0 saturated carbocycles. The number of ether oxygens (including phenoxy) is 1. The van der Waals surface area contributed by atoms with Gasteiger partial charge in [0.2, 0.25) is 0 Å². The average Bonchev–Trinajstić information content (AvgIpc) is 2.37. The van der Waals surface area contributed by atoms with Crippen molar-refractivity contribution in [1.29, 1.82) is 0 Å². The number of aliphatic hydroxyl groups is 4. The number of rotatable bonds is 5. The maximum absolute atomic E-state index is 9.51. The lowest BCUT2D eigenvalue weighted by Gasteiger charge is -2.36. The predicted octanol–water partition coefficient (Wildman–Crippen LogP) is -1.90. The molecule has 0 radical (unpaired) electrons. The summed E-state index contributed by atoms with van der Waals surface area (Å²) in [6.45, 7) is 0.128. The molecule has 102 valence electrons. The first-order valence-corrected chi connectivity index (χ1v) is 5.12. The molecule has 4 N–H and O–H groups in total. The number of aliphatic hydroxyl groups excluding tert-OH is 4. The lowest BCUT2D eigenvalue weighted by Crippen LogP contribution is -2.57. The lowest BCUT2D eigenvalue weighted by molar-refractivity contribution is -0.266. The Kier molecular flexibility index (Phi) is 5.78. The van der Waals surface area contributed by atoms with Crippen molar-refractivity contribution in [1.82, 2.24) is 0 Å². The summed E-state index contributed by atoms with van der Waals surface area (Å²) in [5, 5.41) is 43.9. The summed E-state index contributed by atoms with van der Waals surface area (Å²) in [5.41, 5.74) is 7.98. The monoisotopic (exact) mass is 262 g/mol. The van der Waals surface area contributed by atoms with Gasteiger partial charge in [0, 0.05) is 4.91 Å². The molecule has 1 fully saturated rings.